The number of nitrogens with zero attached hydrogens (tertiary/aromatic N) is 1. The molecule has 0 saturated carbocycles. The molecular weight excluding hydrogens is 264 g/mol. The number of nitro benzene ring substituents is 1. The first kappa shape index (κ1) is 15.2. The lowest BCUT2D eigenvalue weighted by Gasteiger charge is -2.15. The van der Waals surface area contributed by atoms with E-state index >= 15 is 0 Å². The highest BCUT2D eigenvalue weighted by Crippen LogP contribution is 2.19. The number of hydrogen-bond donors (Lipinski definition) is 1. The van der Waals surface area contributed by atoms with Crippen LogP contribution in [0.3, 0.4) is 0 Å². The Balaban J connectivity index is 2.04. The molecule has 4 heteroatoms. The first-order chi connectivity index (χ1) is 9.97. The van der Waals surface area contributed by atoms with E-state index in [1.165, 1.54) is 22.8 Å². The molecule has 0 aliphatic rings. The summed E-state index contributed by atoms with van der Waals surface area (Å²) in [7, 11) is 0. The first-order valence-corrected chi connectivity index (χ1v) is 7.01. The summed E-state index contributed by atoms with van der Waals surface area (Å²) >= 11 is 0. The van der Waals surface area contributed by atoms with E-state index in [2.05, 4.69) is 37.4 Å². The van der Waals surface area contributed by atoms with Crippen LogP contribution in [-0.4, -0.2) is 4.92 Å². The third-order valence-corrected chi connectivity index (χ3v) is 3.76. The van der Waals surface area contributed by atoms with Gasteiger partial charge in [-0.05, 0) is 43.0 Å². The lowest BCUT2D eigenvalue weighted by Crippen LogP contribution is -2.18. The van der Waals surface area contributed by atoms with E-state index in [4.69, 9.17) is 0 Å². The molecule has 0 fully saturated rings. The molecule has 0 spiro atoms. The number of benzene rings is 2. The Morgan fingerprint density at radius 3 is 2.57 bits per heavy atom. The van der Waals surface area contributed by atoms with Gasteiger partial charge in [0.1, 0.15) is 0 Å². The summed E-state index contributed by atoms with van der Waals surface area (Å²) in [6, 6.07) is 13.2. The maximum absolute atomic E-state index is 10.8. The highest BCUT2D eigenvalue weighted by atomic mass is 16.6. The van der Waals surface area contributed by atoms with E-state index in [1.807, 2.05) is 13.0 Å². The van der Waals surface area contributed by atoms with E-state index in [1.54, 1.807) is 12.1 Å². The number of hydrogen-bond acceptors (Lipinski definition) is 3. The summed E-state index contributed by atoms with van der Waals surface area (Å²) in [5.41, 5.74) is 4.83. The molecule has 0 radical (unpaired) electrons. The van der Waals surface area contributed by atoms with E-state index in [0.717, 1.165) is 12.1 Å². The molecule has 0 amide bonds. The predicted octanol–water partition coefficient (Wildman–Crippen LogP) is 4.06. The van der Waals surface area contributed by atoms with Crippen LogP contribution in [0.1, 0.15) is 35.2 Å². The van der Waals surface area contributed by atoms with Crippen LogP contribution in [0.2, 0.25) is 0 Å². The highest BCUT2D eigenvalue weighted by Gasteiger charge is 2.10. The molecule has 0 saturated heterocycles. The Bertz CT molecular complexity index is 653. The summed E-state index contributed by atoms with van der Waals surface area (Å²) in [5.74, 6) is 0. The standard InChI is InChI=1S/C17H20N2O2/c1-12-7-8-15(9-13(12)2)11-18-14(3)16-5-4-6-17(10-16)19(20)21/h4-10,14,18H,11H2,1-3H3. The van der Waals surface area contributed by atoms with E-state index in [-0.39, 0.29) is 16.7 Å². The topological polar surface area (TPSA) is 55.2 Å². The molecule has 1 atom stereocenters. The number of aryl methyl sites for hydroxylation is 2. The third-order valence-electron chi connectivity index (χ3n) is 3.76. The van der Waals surface area contributed by atoms with Gasteiger partial charge in [-0.2, -0.15) is 0 Å². The van der Waals surface area contributed by atoms with Gasteiger partial charge in [-0.1, -0.05) is 30.3 Å². The van der Waals surface area contributed by atoms with Crippen molar-refractivity contribution < 1.29 is 4.92 Å². The van der Waals surface area contributed by atoms with Crippen molar-refractivity contribution in [3.63, 3.8) is 0 Å². The van der Waals surface area contributed by atoms with Crippen LogP contribution in [0.15, 0.2) is 42.5 Å². The van der Waals surface area contributed by atoms with Crippen molar-refractivity contribution in [1.29, 1.82) is 0 Å². The summed E-state index contributed by atoms with van der Waals surface area (Å²) in [6.45, 7) is 6.95. The van der Waals surface area contributed by atoms with Crippen LogP contribution in [0.4, 0.5) is 5.69 Å². The Kier molecular flexibility index (Phi) is 4.70. The average Bonchev–Trinajstić information content (AvgIpc) is 2.48. The fourth-order valence-corrected chi connectivity index (χ4v) is 2.21. The zero-order valence-corrected chi connectivity index (χ0v) is 12.6. The molecule has 0 aromatic heterocycles. The molecule has 0 aliphatic carbocycles. The fourth-order valence-electron chi connectivity index (χ4n) is 2.21. The first-order valence-electron chi connectivity index (χ1n) is 7.01. The largest absolute Gasteiger partial charge is 0.306 e. The van der Waals surface area contributed by atoms with E-state index < -0.39 is 0 Å². The van der Waals surface area contributed by atoms with Gasteiger partial charge in [-0.15, -0.1) is 0 Å². The van der Waals surface area contributed by atoms with Crippen molar-refractivity contribution in [3.8, 4) is 0 Å². The van der Waals surface area contributed by atoms with Crippen molar-refractivity contribution in [1.82, 2.24) is 5.32 Å². The van der Waals surface area contributed by atoms with Crippen LogP contribution in [0.25, 0.3) is 0 Å². The minimum Gasteiger partial charge on any atom is -0.306 e. The summed E-state index contributed by atoms with van der Waals surface area (Å²) < 4.78 is 0. The Morgan fingerprint density at radius 1 is 1.14 bits per heavy atom. The lowest BCUT2D eigenvalue weighted by molar-refractivity contribution is -0.384. The third kappa shape index (κ3) is 3.89. The Hall–Kier alpha value is -2.20. The van der Waals surface area contributed by atoms with Crippen molar-refractivity contribution in [2.45, 2.75) is 33.4 Å². The maximum Gasteiger partial charge on any atom is 0.269 e. The molecule has 0 aliphatic heterocycles. The van der Waals surface area contributed by atoms with Crippen LogP contribution in [-0.2, 0) is 6.54 Å². The van der Waals surface area contributed by atoms with Gasteiger partial charge in [-0.3, -0.25) is 10.1 Å². The van der Waals surface area contributed by atoms with E-state index in [9.17, 15) is 10.1 Å². The zero-order valence-electron chi connectivity index (χ0n) is 12.6. The second-order valence-corrected chi connectivity index (χ2v) is 5.37. The quantitative estimate of drug-likeness (QED) is 0.665. The Morgan fingerprint density at radius 2 is 1.90 bits per heavy atom. The number of nitrogens with one attached hydrogen (secondary N) is 1. The van der Waals surface area contributed by atoms with Gasteiger partial charge in [-0.25, -0.2) is 0 Å². The molecule has 2 aromatic rings. The number of nitro groups is 1. The number of non-ortho nitro benzene ring substituents is 1. The molecular formula is C17H20N2O2. The second-order valence-electron chi connectivity index (χ2n) is 5.37. The van der Waals surface area contributed by atoms with Gasteiger partial charge in [0.05, 0.1) is 4.92 Å². The van der Waals surface area contributed by atoms with Crippen molar-refractivity contribution >= 4 is 5.69 Å². The van der Waals surface area contributed by atoms with Gasteiger partial charge < -0.3 is 5.32 Å². The lowest BCUT2D eigenvalue weighted by atomic mass is 10.0. The molecule has 21 heavy (non-hydrogen) atoms. The molecule has 1 N–H and O–H groups in total. The maximum atomic E-state index is 10.8. The van der Waals surface area contributed by atoms with Crippen molar-refractivity contribution in [2.75, 3.05) is 0 Å². The van der Waals surface area contributed by atoms with E-state index in [0.29, 0.717) is 0 Å². The molecule has 1 unspecified atom stereocenters. The van der Waals surface area contributed by atoms with Crippen LogP contribution < -0.4 is 5.32 Å². The molecule has 2 rings (SSSR count). The predicted molar refractivity (Wildman–Crippen MR) is 84.3 cm³/mol. The van der Waals surface area contributed by atoms with Crippen LogP contribution in [0, 0.1) is 24.0 Å². The van der Waals surface area contributed by atoms with Crippen molar-refractivity contribution in [3.05, 3.63) is 74.8 Å². The molecule has 2 aromatic carbocycles. The Labute approximate surface area is 125 Å². The molecule has 0 heterocycles. The normalized spacial score (nSPS) is 12.1. The van der Waals surface area contributed by atoms with Gasteiger partial charge in [0.2, 0.25) is 0 Å². The van der Waals surface area contributed by atoms with Crippen LogP contribution in [0.5, 0.6) is 0 Å². The van der Waals surface area contributed by atoms with Crippen LogP contribution >= 0.6 is 0 Å². The minimum atomic E-state index is -0.362. The van der Waals surface area contributed by atoms with Crippen molar-refractivity contribution in [2.24, 2.45) is 0 Å². The molecule has 110 valence electrons. The summed E-state index contributed by atoms with van der Waals surface area (Å²) in [6.07, 6.45) is 0. The number of rotatable bonds is 5. The van der Waals surface area contributed by atoms with Gasteiger partial charge in [0, 0.05) is 24.7 Å². The monoisotopic (exact) mass is 284 g/mol. The zero-order chi connectivity index (χ0) is 15.4. The average molecular weight is 284 g/mol. The SMILES string of the molecule is Cc1ccc(CNC(C)c2cccc([N+](=O)[O-])c2)cc1C. The van der Waals surface area contributed by atoms with Gasteiger partial charge in [0.25, 0.3) is 5.69 Å². The highest BCUT2D eigenvalue weighted by molar-refractivity contribution is 5.36. The minimum absolute atomic E-state index is 0.0616. The van der Waals surface area contributed by atoms with Gasteiger partial charge >= 0.3 is 0 Å². The summed E-state index contributed by atoms with van der Waals surface area (Å²) in [4.78, 5) is 10.4. The summed E-state index contributed by atoms with van der Waals surface area (Å²) in [5, 5.41) is 14.2. The molecule has 4 nitrogen and oxygen atoms in total. The fraction of sp³-hybridized carbons (Fsp3) is 0.294. The second kappa shape index (κ2) is 6.50. The molecule has 0 bridgehead atoms. The van der Waals surface area contributed by atoms with Gasteiger partial charge in [0.15, 0.2) is 0 Å². The smallest absolute Gasteiger partial charge is 0.269 e.